The molecule has 0 bridgehead atoms. The Morgan fingerprint density at radius 2 is 1.66 bits per heavy atom. The SMILES string of the molecule is Cc1ccccc1CN(C)C(=O)CSc1nnc2n(Cc3ccccc3)c(=O)c3ccccc3n12. The molecular formula is C27H25N5O2S. The average molecular weight is 484 g/mol. The lowest BCUT2D eigenvalue weighted by Crippen LogP contribution is -2.28. The molecule has 3 aromatic carbocycles. The van der Waals surface area contributed by atoms with Crippen LogP contribution in [0, 0.1) is 6.92 Å². The third-order valence-corrected chi connectivity index (χ3v) is 6.99. The predicted octanol–water partition coefficient (Wildman–Crippen LogP) is 4.15. The Kier molecular flexibility index (Phi) is 6.37. The molecule has 2 aromatic heterocycles. The second-order valence-corrected chi connectivity index (χ2v) is 9.42. The number of hydrogen-bond donors (Lipinski definition) is 0. The van der Waals surface area contributed by atoms with Crippen molar-refractivity contribution in [1.29, 1.82) is 0 Å². The molecule has 0 saturated carbocycles. The van der Waals surface area contributed by atoms with Gasteiger partial charge >= 0.3 is 0 Å². The molecule has 35 heavy (non-hydrogen) atoms. The summed E-state index contributed by atoms with van der Waals surface area (Å²) in [7, 11) is 1.81. The van der Waals surface area contributed by atoms with Gasteiger partial charge < -0.3 is 4.90 Å². The third-order valence-electron chi connectivity index (χ3n) is 6.08. The molecule has 176 valence electrons. The molecule has 2 heterocycles. The summed E-state index contributed by atoms with van der Waals surface area (Å²) in [6.07, 6.45) is 0. The van der Waals surface area contributed by atoms with Gasteiger partial charge in [0.05, 0.1) is 23.2 Å². The number of aromatic nitrogens is 4. The van der Waals surface area contributed by atoms with E-state index in [-0.39, 0.29) is 17.2 Å². The highest BCUT2D eigenvalue weighted by molar-refractivity contribution is 7.99. The molecule has 0 atom stereocenters. The van der Waals surface area contributed by atoms with Crippen molar-refractivity contribution in [3.05, 3.63) is 106 Å². The fraction of sp³-hybridized carbons (Fsp3) is 0.185. The van der Waals surface area contributed by atoms with Crippen LogP contribution in [-0.2, 0) is 17.9 Å². The maximum Gasteiger partial charge on any atom is 0.263 e. The third kappa shape index (κ3) is 4.57. The van der Waals surface area contributed by atoms with Crippen LogP contribution < -0.4 is 5.56 Å². The lowest BCUT2D eigenvalue weighted by molar-refractivity contribution is -0.127. The van der Waals surface area contributed by atoms with Crippen molar-refractivity contribution in [3.8, 4) is 0 Å². The Bertz CT molecular complexity index is 1580. The molecule has 0 aliphatic carbocycles. The summed E-state index contributed by atoms with van der Waals surface area (Å²) < 4.78 is 3.51. The normalized spacial score (nSPS) is 11.3. The molecule has 0 unspecified atom stereocenters. The maximum absolute atomic E-state index is 13.3. The van der Waals surface area contributed by atoms with Gasteiger partial charge in [0, 0.05) is 13.6 Å². The van der Waals surface area contributed by atoms with Gasteiger partial charge in [-0.3, -0.25) is 18.6 Å². The molecule has 0 aliphatic heterocycles. The quantitative estimate of drug-likeness (QED) is 0.325. The van der Waals surface area contributed by atoms with E-state index in [9.17, 15) is 9.59 Å². The summed E-state index contributed by atoms with van der Waals surface area (Å²) in [5.41, 5.74) is 3.89. The van der Waals surface area contributed by atoms with Crippen molar-refractivity contribution in [1.82, 2.24) is 24.1 Å². The second-order valence-electron chi connectivity index (χ2n) is 8.48. The van der Waals surface area contributed by atoms with Crippen LogP contribution in [-0.4, -0.2) is 42.8 Å². The number of carbonyl (C=O) groups is 1. The van der Waals surface area contributed by atoms with Crippen molar-refractivity contribution in [2.45, 2.75) is 25.2 Å². The zero-order valence-electron chi connectivity index (χ0n) is 19.6. The lowest BCUT2D eigenvalue weighted by atomic mass is 10.1. The highest BCUT2D eigenvalue weighted by Gasteiger charge is 2.19. The van der Waals surface area contributed by atoms with Gasteiger partial charge in [-0.1, -0.05) is 78.5 Å². The van der Waals surface area contributed by atoms with E-state index in [1.165, 1.54) is 11.8 Å². The van der Waals surface area contributed by atoms with Crippen LogP contribution in [0.25, 0.3) is 16.7 Å². The topological polar surface area (TPSA) is 72.5 Å². The van der Waals surface area contributed by atoms with Crippen LogP contribution in [0.2, 0.25) is 0 Å². The van der Waals surface area contributed by atoms with Crippen molar-refractivity contribution in [2.75, 3.05) is 12.8 Å². The Hall–Kier alpha value is -3.91. The van der Waals surface area contributed by atoms with Gasteiger partial charge in [0.2, 0.25) is 11.7 Å². The van der Waals surface area contributed by atoms with Crippen LogP contribution in [0.4, 0.5) is 0 Å². The minimum Gasteiger partial charge on any atom is -0.341 e. The van der Waals surface area contributed by atoms with Gasteiger partial charge in [-0.15, -0.1) is 10.2 Å². The first-order valence-corrected chi connectivity index (χ1v) is 12.3. The number of amides is 1. The first kappa shape index (κ1) is 22.9. The van der Waals surface area contributed by atoms with Crippen LogP contribution in [0.3, 0.4) is 0 Å². The summed E-state index contributed by atoms with van der Waals surface area (Å²) in [6.45, 7) is 2.98. The van der Waals surface area contributed by atoms with Crippen molar-refractivity contribution >= 4 is 34.3 Å². The van der Waals surface area contributed by atoms with E-state index >= 15 is 0 Å². The molecule has 0 fully saturated rings. The molecule has 0 radical (unpaired) electrons. The molecule has 0 saturated heterocycles. The van der Waals surface area contributed by atoms with Crippen LogP contribution in [0.1, 0.15) is 16.7 Å². The zero-order valence-corrected chi connectivity index (χ0v) is 20.4. The molecule has 8 heteroatoms. The molecule has 0 spiro atoms. The number of para-hydroxylation sites is 1. The standard InChI is InChI=1S/C27H25N5O2S/c1-19-10-6-7-13-21(19)17-30(2)24(33)18-35-27-29-28-26-31(16-20-11-4-3-5-12-20)25(34)22-14-8-9-15-23(22)32(26)27/h3-15H,16-18H2,1-2H3. The van der Waals surface area contributed by atoms with E-state index in [4.69, 9.17) is 0 Å². The largest absolute Gasteiger partial charge is 0.341 e. The predicted molar refractivity (Wildman–Crippen MR) is 139 cm³/mol. The number of hydrogen-bond acceptors (Lipinski definition) is 5. The minimum atomic E-state index is -0.116. The fourth-order valence-corrected chi connectivity index (χ4v) is 4.98. The summed E-state index contributed by atoms with van der Waals surface area (Å²) in [5.74, 6) is 0.674. The van der Waals surface area contributed by atoms with E-state index in [0.29, 0.717) is 29.4 Å². The van der Waals surface area contributed by atoms with Gasteiger partial charge in [-0.05, 0) is 35.7 Å². The Morgan fingerprint density at radius 3 is 2.46 bits per heavy atom. The number of nitrogens with zero attached hydrogens (tertiary/aromatic N) is 5. The van der Waals surface area contributed by atoms with E-state index in [1.807, 2.05) is 97.2 Å². The highest BCUT2D eigenvalue weighted by atomic mass is 32.2. The Labute approximate surface area is 207 Å². The molecular weight excluding hydrogens is 458 g/mol. The summed E-state index contributed by atoms with van der Waals surface area (Å²) >= 11 is 1.33. The lowest BCUT2D eigenvalue weighted by Gasteiger charge is -2.18. The van der Waals surface area contributed by atoms with E-state index in [1.54, 1.807) is 9.47 Å². The average Bonchev–Trinajstić information content (AvgIpc) is 3.31. The smallest absolute Gasteiger partial charge is 0.263 e. The van der Waals surface area contributed by atoms with E-state index < -0.39 is 0 Å². The summed E-state index contributed by atoms with van der Waals surface area (Å²) in [4.78, 5) is 28.0. The fourth-order valence-electron chi connectivity index (χ4n) is 4.10. The van der Waals surface area contributed by atoms with Gasteiger partial charge in [0.25, 0.3) is 5.56 Å². The molecule has 0 N–H and O–H groups in total. The Balaban J connectivity index is 1.46. The number of thioether (sulfide) groups is 1. The Morgan fingerprint density at radius 1 is 0.943 bits per heavy atom. The molecule has 7 nitrogen and oxygen atoms in total. The first-order chi connectivity index (χ1) is 17.0. The number of aryl methyl sites for hydroxylation is 1. The van der Waals surface area contributed by atoms with Gasteiger partial charge in [-0.2, -0.15) is 0 Å². The summed E-state index contributed by atoms with van der Waals surface area (Å²) in [5, 5.41) is 9.88. The first-order valence-electron chi connectivity index (χ1n) is 11.3. The zero-order chi connectivity index (χ0) is 24.4. The number of carbonyl (C=O) groups excluding carboxylic acids is 1. The minimum absolute atomic E-state index is 0.00286. The number of fused-ring (bicyclic) bond motifs is 3. The van der Waals surface area contributed by atoms with Crippen LogP contribution >= 0.6 is 11.8 Å². The molecule has 0 aliphatic rings. The van der Waals surface area contributed by atoms with Crippen LogP contribution in [0.15, 0.2) is 88.8 Å². The molecule has 1 amide bonds. The van der Waals surface area contributed by atoms with Gasteiger partial charge in [0.1, 0.15) is 0 Å². The van der Waals surface area contributed by atoms with Crippen molar-refractivity contribution in [2.24, 2.45) is 0 Å². The second kappa shape index (κ2) is 9.76. The van der Waals surface area contributed by atoms with E-state index in [2.05, 4.69) is 10.2 Å². The molecule has 5 aromatic rings. The van der Waals surface area contributed by atoms with Crippen molar-refractivity contribution in [3.63, 3.8) is 0 Å². The number of rotatable bonds is 7. The molecule has 5 rings (SSSR count). The van der Waals surface area contributed by atoms with Gasteiger partial charge in [0.15, 0.2) is 5.16 Å². The maximum atomic E-state index is 13.3. The summed E-state index contributed by atoms with van der Waals surface area (Å²) in [6, 6.07) is 25.3. The van der Waals surface area contributed by atoms with Crippen LogP contribution in [0.5, 0.6) is 0 Å². The van der Waals surface area contributed by atoms with E-state index in [0.717, 1.165) is 22.2 Å². The van der Waals surface area contributed by atoms with Gasteiger partial charge in [-0.25, -0.2) is 0 Å². The number of benzene rings is 3. The monoisotopic (exact) mass is 483 g/mol. The van der Waals surface area contributed by atoms with Crippen molar-refractivity contribution < 1.29 is 4.79 Å². The highest BCUT2D eigenvalue weighted by Crippen LogP contribution is 2.22.